The summed E-state index contributed by atoms with van der Waals surface area (Å²) in [5.41, 5.74) is -0.0243. The van der Waals surface area contributed by atoms with Gasteiger partial charge in [-0.25, -0.2) is 8.42 Å². The molecule has 0 aliphatic carbocycles. The van der Waals surface area contributed by atoms with Crippen LogP contribution in [-0.2, 0) is 19.5 Å². The molecular weight excluding hydrogens is 304 g/mol. The van der Waals surface area contributed by atoms with Crippen LogP contribution in [0, 0.1) is 11.3 Å². The van der Waals surface area contributed by atoms with E-state index in [1.807, 2.05) is 0 Å². The molecule has 1 aromatic heterocycles. The summed E-state index contributed by atoms with van der Waals surface area (Å²) in [5, 5.41) is 0. The minimum atomic E-state index is -3.49. The number of nitrogens with zero attached hydrogens (tertiary/aromatic N) is 2. The standard InChI is InChI=1S/C15H22N2O4S/c1-20-11-13-10-17(12-15(13)4-7-21-8-5-15)22(18,19)14-3-2-6-16-9-14/h2-3,6,9,13H,4-5,7-8,10-12H2,1H3. The van der Waals surface area contributed by atoms with E-state index in [9.17, 15) is 8.42 Å². The summed E-state index contributed by atoms with van der Waals surface area (Å²) in [6, 6.07) is 3.25. The number of ether oxygens (including phenoxy) is 2. The van der Waals surface area contributed by atoms with E-state index in [0.717, 1.165) is 12.8 Å². The van der Waals surface area contributed by atoms with Gasteiger partial charge in [0.1, 0.15) is 4.90 Å². The maximum Gasteiger partial charge on any atom is 0.244 e. The van der Waals surface area contributed by atoms with Gasteiger partial charge in [0.25, 0.3) is 0 Å². The Morgan fingerprint density at radius 1 is 1.45 bits per heavy atom. The molecular formula is C15H22N2O4S. The summed E-state index contributed by atoms with van der Waals surface area (Å²) in [6.07, 6.45) is 4.77. The quantitative estimate of drug-likeness (QED) is 0.830. The van der Waals surface area contributed by atoms with Crippen LogP contribution < -0.4 is 0 Å². The topological polar surface area (TPSA) is 68.7 Å². The van der Waals surface area contributed by atoms with Gasteiger partial charge >= 0.3 is 0 Å². The molecule has 6 nitrogen and oxygen atoms in total. The van der Waals surface area contributed by atoms with E-state index in [1.165, 1.54) is 6.20 Å². The van der Waals surface area contributed by atoms with E-state index in [1.54, 1.807) is 29.7 Å². The Hall–Kier alpha value is -1.02. The van der Waals surface area contributed by atoms with Crippen molar-refractivity contribution < 1.29 is 17.9 Å². The molecule has 3 heterocycles. The second-order valence-electron chi connectivity index (χ2n) is 6.11. The van der Waals surface area contributed by atoms with Gasteiger partial charge in [0.05, 0.1) is 6.61 Å². The van der Waals surface area contributed by atoms with Crippen molar-refractivity contribution in [1.82, 2.24) is 9.29 Å². The lowest BCUT2D eigenvalue weighted by Gasteiger charge is -2.37. The molecule has 2 aliphatic heterocycles. The highest BCUT2D eigenvalue weighted by Crippen LogP contribution is 2.45. The van der Waals surface area contributed by atoms with Gasteiger partial charge in [-0.3, -0.25) is 4.98 Å². The molecule has 1 spiro atoms. The van der Waals surface area contributed by atoms with E-state index in [-0.39, 0.29) is 16.2 Å². The Morgan fingerprint density at radius 2 is 2.23 bits per heavy atom. The van der Waals surface area contributed by atoms with Crippen LogP contribution in [0.2, 0.25) is 0 Å². The molecule has 0 saturated carbocycles. The first kappa shape index (κ1) is 15.9. The average molecular weight is 326 g/mol. The van der Waals surface area contributed by atoms with E-state index in [2.05, 4.69) is 4.98 Å². The summed E-state index contributed by atoms with van der Waals surface area (Å²) in [4.78, 5) is 4.19. The molecule has 1 aromatic rings. The molecule has 0 N–H and O–H groups in total. The fourth-order valence-electron chi connectivity index (χ4n) is 3.59. The van der Waals surface area contributed by atoms with Gasteiger partial charge in [0.15, 0.2) is 0 Å². The van der Waals surface area contributed by atoms with E-state index in [4.69, 9.17) is 9.47 Å². The van der Waals surface area contributed by atoms with Crippen LogP contribution >= 0.6 is 0 Å². The number of methoxy groups -OCH3 is 1. The van der Waals surface area contributed by atoms with Gasteiger partial charge in [0, 0.05) is 51.7 Å². The summed E-state index contributed by atoms with van der Waals surface area (Å²) >= 11 is 0. The third-order valence-electron chi connectivity index (χ3n) is 4.91. The van der Waals surface area contributed by atoms with Gasteiger partial charge in [-0.2, -0.15) is 4.31 Å². The van der Waals surface area contributed by atoms with Crippen molar-refractivity contribution in [2.75, 3.05) is 40.0 Å². The second-order valence-corrected chi connectivity index (χ2v) is 8.05. The molecule has 1 atom stereocenters. The van der Waals surface area contributed by atoms with Crippen LogP contribution in [0.5, 0.6) is 0 Å². The van der Waals surface area contributed by atoms with Crippen LogP contribution in [-0.4, -0.2) is 57.7 Å². The van der Waals surface area contributed by atoms with Crippen LogP contribution in [0.1, 0.15) is 12.8 Å². The third-order valence-corrected chi connectivity index (χ3v) is 6.71. The molecule has 1 unspecified atom stereocenters. The molecule has 0 aromatic carbocycles. The Balaban J connectivity index is 1.87. The highest BCUT2D eigenvalue weighted by atomic mass is 32.2. The Labute approximate surface area is 131 Å². The number of rotatable bonds is 4. The van der Waals surface area contributed by atoms with Crippen molar-refractivity contribution in [1.29, 1.82) is 0 Å². The molecule has 2 saturated heterocycles. The first-order valence-corrected chi connectivity index (χ1v) is 8.99. The molecule has 0 bridgehead atoms. The Morgan fingerprint density at radius 3 is 2.86 bits per heavy atom. The average Bonchev–Trinajstić information content (AvgIpc) is 2.88. The molecule has 0 amide bonds. The van der Waals surface area contributed by atoms with Crippen molar-refractivity contribution in [2.24, 2.45) is 11.3 Å². The predicted octanol–water partition coefficient (Wildman–Crippen LogP) is 1.15. The number of hydrogen-bond donors (Lipinski definition) is 0. The monoisotopic (exact) mass is 326 g/mol. The van der Waals surface area contributed by atoms with Crippen molar-refractivity contribution in [3.05, 3.63) is 24.5 Å². The lowest BCUT2D eigenvalue weighted by molar-refractivity contribution is -0.0162. The second kappa shape index (κ2) is 6.23. The van der Waals surface area contributed by atoms with E-state index < -0.39 is 10.0 Å². The lowest BCUT2D eigenvalue weighted by atomic mass is 9.72. The summed E-state index contributed by atoms with van der Waals surface area (Å²) in [6.45, 7) is 3.02. The fraction of sp³-hybridized carbons (Fsp3) is 0.667. The fourth-order valence-corrected chi connectivity index (χ4v) is 5.14. The van der Waals surface area contributed by atoms with Gasteiger partial charge in [-0.1, -0.05) is 0 Å². The number of pyridine rings is 1. The van der Waals surface area contributed by atoms with Crippen molar-refractivity contribution in [3.63, 3.8) is 0 Å². The molecule has 2 aliphatic rings. The summed E-state index contributed by atoms with van der Waals surface area (Å²) < 4.78 is 38.1. The van der Waals surface area contributed by atoms with E-state index in [0.29, 0.717) is 32.9 Å². The maximum absolute atomic E-state index is 12.8. The minimum Gasteiger partial charge on any atom is -0.384 e. The molecule has 3 rings (SSSR count). The number of aromatic nitrogens is 1. The van der Waals surface area contributed by atoms with Crippen molar-refractivity contribution in [3.8, 4) is 0 Å². The van der Waals surface area contributed by atoms with Crippen LogP contribution in [0.3, 0.4) is 0 Å². The van der Waals surface area contributed by atoms with Gasteiger partial charge in [-0.05, 0) is 30.4 Å². The van der Waals surface area contributed by atoms with Gasteiger partial charge in [-0.15, -0.1) is 0 Å². The first-order chi connectivity index (χ1) is 10.6. The Bertz CT molecular complexity index is 599. The number of sulfonamides is 1. The van der Waals surface area contributed by atoms with Gasteiger partial charge < -0.3 is 9.47 Å². The normalized spacial score (nSPS) is 25.6. The zero-order chi connectivity index (χ0) is 15.6. The van der Waals surface area contributed by atoms with Crippen LogP contribution in [0.25, 0.3) is 0 Å². The lowest BCUT2D eigenvalue weighted by Crippen LogP contribution is -2.39. The van der Waals surface area contributed by atoms with Crippen LogP contribution in [0.4, 0.5) is 0 Å². The van der Waals surface area contributed by atoms with E-state index >= 15 is 0 Å². The molecule has 122 valence electrons. The Kier molecular flexibility index (Phi) is 4.49. The van der Waals surface area contributed by atoms with Crippen molar-refractivity contribution in [2.45, 2.75) is 17.7 Å². The molecule has 22 heavy (non-hydrogen) atoms. The smallest absolute Gasteiger partial charge is 0.244 e. The summed E-state index contributed by atoms with van der Waals surface area (Å²) in [5.74, 6) is 0.216. The third kappa shape index (κ3) is 2.78. The zero-order valence-electron chi connectivity index (χ0n) is 12.8. The van der Waals surface area contributed by atoms with Crippen LogP contribution in [0.15, 0.2) is 29.4 Å². The zero-order valence-corrected chi connectivity index (χ0v) is 13.6. The molecule has 0 radical (unpaired) electrons. The largest absolute Gasteiger partial charge is 0.384 e. The first-order valence-electron chi connectivity index (χ1n) is 7.55. The summed E-state index contributed by atoms with van der Waals surface area (Å²) in [7, 11) is -1.82. The van der Waals surface area contributed by atoms with Gasteiger partial charge in [0.2, 0.25) is 10.0 Å². The van der Waals surface area contributed by atoms with Crippen molar-refractivity contribution >= 4 is 10.0 Å². The number of hydrogen-bond acceptors (Lipinski definition) is 5. The SMILES string of the molecule is COCC1CN(S(=O)(=O)c2cccnc2)CC12CCOCC2. The molecule has 2 fully saturated rings. The molecule has 7 heteroatoms. The highest BCUT2D eigenvalue weighted by Gasteiger charge is 2.50. The minimum absolute atomic E-state index is 0.0243. The highest BCUT2D eigenvalue weighted by molar-refractivity contribution is 7.89. The predicted molar refractivity (Wildman–Crippen MR) is 80.8 cm³/mol. The maximum atomic E-state index is 12.8.